The molecule has 0 saturated heterocycles. The van der Waals surface area contributed by atoms with E-state index in [9.17, 15) is 0 Å². The maximum atomic E-state index is 4.74. The van der Waals surface area contributed by atoms with Gasteiger partial charge >= 0.3 is 16.8 Å². The van der Waals surface area contributed by atoms with Gasteiger partial charge < -0.3 is 40.8 Å². The van der Waals surface area contributed by atoms with Crippen LogP contribution in [0.1, 0.15) is 124 Å². The molecule has 0 spiro atoms. The van der Waals surface area contributed by atoms with Crippen molar-refractivity contribution < 1.29 is 41.6 Å². The van der Waals surface area contributed by atoms with Crippen LogP contribution in [0.4, 0.5) is 11.4 Å². The fourth-order valence-electron chi connectivity index (χ4n) is 5.37. The van der Waals surface area contributed by atoms with Crippen LogP contribution in [0, 0.1) is 13.8 Å². The summed E-state index contributed by atoms with van der Waals surface area (Å²) >= 11 is 0. The molecule has 0 aliphatic rings. The number of halogens is 2. The minimum Gasteiger partial charge on any atom is -1.00 e. The Bertz CT molecular complexity index is 1180. The van der Waals surface area contributed by atoms with Crippen molar-refractivity contribution in [1.29, 1.82) is 0 Å². The van der Waals surface area contributed by atoms with Crippen molar-refractivity contribution in [2.24, 2.45) is 0 Å². The van der Waals surface area contributed by atoms with Gasteiger partial charge in [-0.2, -0.15) is 0 Å². The van der Waals surface area contributed by atoms with E-state index >= 15 is 0 Å². The van der Waals surface area contributed by atoms with Crippen molar-refractivity contribution in [2.45, 2.75) is 106 Å². The van der Waals surface area contributed by atoms with Gasteiger partial charge in [0.15, 0.2) is 0 Å². The summed E-state index contributed by atoms with van der Waals surface area (Å²) in [6, 6.07) is 13.6. The Morgan fingerprint density at radius 3 is 1.48 bits per heavy atom. The number of rotatable bonds is 13. The Morgan fingerprint density at radius 2 is 1.05 bits per heavy atom. The van der Waals surface area contributed by atoms with Crippen LogP contribution >= 0.6 is 0 Å². The zero-order chi connectivity index (χ0) is 28.7. The molecule has 2 aromatic carbocycles. The third kappa shape index (κ3) is 10.7. The van der Waals surface area contributed by atoms with Crippen LogP contribution in [-0.4, -0.2) is 18.1 Å². The van der Waals surface area contributed by atoms with Crippen molar-refractivity contribution >= 4 is 11.4 Å². The molecule has 0 amide bonds. The molecule has 3 aromatic rings. The molecular formula is C35H52Cl2CoN4. The molecule has 1 heterocycles. The van der Waals surface area contributed by atoms with Gasteiger partial charge in [-0.05, 0) is 71.4 Å². The summed E-state index contributed by atoms with van der Waals surface area (Å²) < 4.78 is 0. The van der Waals surface area contributed by atoms with E-state index in [2.05, 4.69) is 116 Å². The van der Waals surface area contributed by atoms with Gasteiger partial charge in [0.1, 0.15) is 0 Å². The first kappa shape index (κ1) is 40.2. The van der Waals surface area contributed by atoms with Crippen molar-refractivity contribution in [3.05, 3.63) is 87.2 Å². The molecule has 42 heavy (non-hydrogen) atoms. The largest absolute Gasteiger partial charge is 2.00 e. The number of hydrogen-bond donors (Lipinski definition) is 3. The van der Waals surface area contributed by atoms with E-state index in [1.807, 2.05) is 12.3 Å². The molecule has 1 aromatic heterocycles. The van der Waals surface area contributed by atoms with Crippen LogP contribution < -0.4 is 40.8 Å². The summed E-state index contributed by atoms with van der Waals surface area (Å²) in [7, 11) is 0. The third-order valence-electron chi connectivity index (χ3n) is 7.51. The molecule has 4 nitrogen and oxygen atoms in total. The summed E-state index contributed by atoms with van der Waals surface area (Å²) in [5, 5.41) is 11.2. The molecule has 0 aliphatic carbocycles. The van der Waals surface area contributed by atoms with E-state index in [1.165, 1.54) is 50.3 Å². The number of nitrogens with zero attached hydrogens (tertiary/aromatic N) is 1. The summed E-state index contributed by atoms with van der Waals surface area (Å²) in [4.78, 5) is 4.74. The van der Waals surface area contributed by atoms with Gasteiger partial charge in [0.25, 0.3) is 0 Å². The molecule has 0 aliphatic heterocycles. The van der Waals surface area contributed by atoms with Crippen LogP contribution in [0.15, 0.2) is 42.6 Å². The normalized spacial score (nSPS) is 10.9. The fourth-order valence-corrected chi connectivity index (χ4v) is 5.37. The molecule has 0 unspecified atom stereocenters. The first-order chi connectivity index (χ1) is 18.5. The number of nitrogens with one attached hydrogen (secondary N) is 3. The molecule has 0 saturated carbocycles. The van der Waals surface area contributed by atoms with E-state index in [0.717, 1.165) is 31.9 Å². The van der Waals surface area contributed by atoms with Crippen molar-refractivity contribution in [3.8, 4) is 0 Å². The second kappa shape index (κ2) is 18.8. The maximum absolute atomic E-state index is 4.74. The minimum absolute atomic E-state index is 0. The number of anilines is 2. The van der Waals surface area contributed by atoms with Gasteiger partial charge in [-0.15, -0.1) is 0 Å². The maximum Gasteiger partial charge on any atom is 2.00 e. The number of aryl methyl sites for hydroxylation is 2. The van der Waals surface area contributed by atoms with Crippen LogP contribution in [0.5, 0.6) is 0 Å². The Hall–Kier alpha value is -1.76. The van der Waals surface area contributed by atoms with Crippen LogP contribution in [0.2, 0.25) is 0 Å². The Morgan fingerprint density at radius 1 is 0.619 bits per heavy atom. The van der Waals surface area contributed by atoms with Crippen LogP contribution in [0.3, 0.4) is 0 Å². The van der Waals surface area contributed by atoms with E-state index in [0.29, 0.717) is 23.7 Å². The van der Waals surface area contributed by atoms with E-state index in [4.69, 9.17) is 4.98 Å². The molecule has 1 radical (unpaired) electrons. The predicted octanol–water partition coefficient (Wildman–Crippen LogP) is 3.01. The average Bonchev–Trinajstić information content (AvgIpc) is 2.87. The molecular weight excluding hydrogens is 606 g/mol. The molecule has 0 fully saturated rings. The summed E-state index contributed by atoms with van der Waals surface area (Å²) in [5.74, 6) is 1.91. The molecule has 3 N–H and O–H groups in total. The predicted molar refractivity (Wildman–Crippen MR) is 170 cm³/mol. The molecule has 7 heteroatoms. The fraction of sp³-hybridized carbons (Fsp3) is 0.514. The Balaban J connectivity index is 0.00000560. The third-order valence-corrected chi connectivity index (χ3v) is 7.51. The van der Waals surface area contributed by atoms with E-state index in [1.54, 1.807) is 0 Å². The molecule has 0 bridgehead atoms. The SMILES string of the molecule is Cc1cc(C(C)C)c(NCCNCc2ncccc2CNc2c(C(C)C)cc(C)cc2C(C)C)c(C(C)C)c1.[Cl-].[Cl-].[Co+2]. The molecule has 0 atom stereocenters. The molecule has 235 valence electrons. The summed E-state index contributed by atoms with van der Waals surface area (Å²) in [6.45, 7) is 25.9. The number of hydrogen-bond acceptors (Lipinski definition) is 4. The number of benzene rings is 2. The standard InChI is InChI=1S/C35H52N4.2ClH.Co/c1-22(2)29-16-26(9)17-30(23(3)4)34(29)38-15-14-36-21-33-28(12-11-13-37-33)20-39-35-31(24(5)6)18-27(10)19-32(35)25(7)8;;;/h11-13,16-19,22-25,36,38-39H,14-15,20-21H2,1-10H3;2*1H;/q;;;+2/p-2. The topological polar surface area (TPSA) is 49.0 Å². The Kier molecular flexibility index (Phi) is 18.0. The van der Waals surface area contributed by atoms with Crippen molar-refractivity contribution in [2.75, 3.05) is 23.7 Å². The quantitative estimate of drug-likeness (QED) is 0.248. The van der Waals surface area contributed by atoms with Crippen LogP contribution in [-0.2, 0) is 29.9 Å². The number of aromatic nitrogens is 1. The second-order valence-corrected chi connectivity index (χ2v) is 12.3. The zero-order valence-electron chi connectivity index (χ0n) is 27.2. The Labute approximate surface area is 279 Å². The second-order valence-electron chi connectivity index (χ2n) is 12.3. The number of pyridine rings is 1. The van der Waals surface area contributed by atoms with Crippen molar-refractivity contribution in [3.63, 3.8) is 0 Å². The van der Waals surface area contributed by atoms with Gasteiger partial charge in [0.05, 0.1) is 5.69 Å². The van der Waals surface area contributed by atoms with Crippen LogP contribution in [0.25, 0.3) is 0 Å². The summed E-state index contributed by atoms with van der Waals surface area (Å²) in [5.41, 5.74) is 13.2. The van der Waals surface area contributed by atoms with Crippen molar-refractivity contribution in [1.82, 2.24) is 10.3 Å². The van der Waals surface area contributed by atoms with Gasteiger partial charge in [0.2, 0.25) is 0 Å². The minimum atomic E-state index is 0. The van der Waals surface area contributed by atoms with E-state index < -0.39 is 0 Å². The van der Waals surface area contributed by atoms with E-state index in [-0.39, 0.29) is 41.6 Å². The first-order valence-electron chi connectivity index (χ1n) is 14.9. The van der Waals surface area contributed by atoms with Gasteiger partial charge in [-0.1, -0.05) is 96.8 Å². The smallest absolute Gasteiger partial charge is 1.00 e. The monoisotopic (exact) mass is 657 g/mol. The first-order valence-corrected chi connectivity index (χ1v) is 14.9. The van der Waals surface area contributed by atoms with Gasteiger partial charge in [0, 0.05) is 43.8 Å². The average molecular weight is 659 g/mol. The summed E-state index contributed by atoms with van der Waals surface area (Å²) in [6.07, 6.45) is 1.90. The van der Waals surface area contributed by atoms with Gasteiger partial charge in [-0.25, -0.2) is 0 Å². The molecule has 3 rings (SSSR count). The van der Waals surface area contributed by atoms with Gasteiger partial charge in [-0.3, -0.25) is 4.98 Å². The zero-order valence-corrected chi connectivity index (χ0v) is 29.8.